The summed E-state index contributed by atoms with van der Waals surface area (Å²) in [5.41, 5.74) is 19.6. The van der Waals surface area contributed by atoms with Gasteiger partial charge in [0.2, 0.25) is 0 Å². The van der Waals surface area contributed by atoms with E-state index in [-0.39, 0.29) is 48.1 Å². The number of fused-ring (bicyclic) bond motifs is 9. The molecule has 66 heavy (non-hydrogen) atoms. The molecule has 0 saturated heterocycles. The molecule has 0 spiro atoms. The zero-order chi connectivity index (χ0) is 46.6. The number of hydrogen-bond donors (Lipinski definition) is 6. The molecule has 3 aromatic carbocycles. The second-order valence-electron chi connectivity index (χ2n) is 18.7. The number of aliphatic imine (C=N–C) groups is 1. The van der Waals surface area contributed by atoms with Gasteiger partial charge in [-0.05, 0) is 138 Å². The largest absolute Gasteiger partial charge is 0.875 e. The number of hydrogen-bond acceptors (Lipinski definition) is 12. The molecule has 4 aliphatic rings. The van der Waals surface area contributed by atoms with Crippen molar-refractivity contribution in [2.45, 2.75) is 127 Å². The zero-order valence-electron chi connectivity index (χ0n) is 38.2. The molecule has 1 fully saturated rings. The molecule has 352 valence electrons. The van der Waals surface area contributed by atoms with Crippen molar-refractivity contribution in [3.8, 4) is 29.1 Å². The maximum absolute atomic E-state index is 14.2. The van der Waals surface area contributed by atoms with Crippen molar-refractivity contribution in [3.63, 3.8) is 0 Å². The molecule has 2 aliphatic heterocycles. The smallest absolute Gasteiger partial charge is 0.161 e. The minimum Gasteiger partial charge on any atom is -0.875 e. The van der Waals surface area contributed by atoms with Gasteiger partial charge in [-0.2, -0.15) is 0 Å². The Labute approximate surface area is 398 Å². The predicted molar refractivity (Wildman–Crippen MR) is 265 cm³/mol. The second kappa shape index (κ2) is 23.5. The van der Waals surface area contributed by atoms with Crippen molar-refractivity contribution in [3.05, 3.63) is 123 Å². The molecule has 2 aliphatic carbocycles. The lowest BCUT2D eigenvalue weighted by atomic mass is 9.76. The van der Waals surface area contributed by atoms with Crippen LogP contribution in [0, 0.1) is 29.1 Å². The highest BCUT2D eigenvalue weighted by molar-refractivity contribution is 8.76. The maximum atomic E-state index is 14.2. The number of ether oxygens (including phenoxy) is 1. The summed E-state index contributed by atoms with van der Waals surface area (Å²) in [4.78, 5) is 18.0. The van der Waals surface area contributed by atoms with Crippen molar-refractivity contribution in [1.29, 1.82) is 0 Å². The fourth-order valence-electron chi connectivity index (χ4n) is 10.1. The minimum absolute atomic E-state index is 0.00811. The quantitative estimate of drug-likeness (QED) is 0.0465. The van der Waals surface area contributed by atoms with Gasteiger partial charge in [0.05, 0.1) is 37.6 Å². The number of aliphatic hydroxyl groups is 2. The summed E-state index contributed by atoms with van der Waals surface area (Å²) < 4.78 is 6.16. The van der Waals surface area contributed by atoms with Crippen LogP contribution in [-0.2, 0) is 23.4 Å². The van der Waals surface area contributed by atoms with Gasteiger partial charge >= 0.3 is 0 Å². The summed E-state index contributed by atoms with van der Waals surface area (Å²) in [6.45, 7) is 2.19. The van der Waals surface area contributed by atoms with E-state index in [0.29, 0.717) is 77.9 Å². The monoisotopic (exact) mass is 932 g/mol. The van der Waals surface area contributed by atoms with Crippen LogP contribution in [0.3, 0.4) is 0 Å². The van der Waals surface area contributed by atoms with Gasteiger partial charge in [-0.15, -0.1) is 5.76 Å². The Balaban J connectivity index is 1.22. The van der Waals surface area contributed by atoms with E-state index in [2.05, 4.69) is 35.9 Å². The molecule has 10 nitrogen and oxygen atoms in total. The first-order valence-corrected chi connectivity index (χ1v) is 26.2. The lowest BCUT2D eigenvalue weighted by Crippen LogP contribution is -2.23. The van der Waals surface area contributed by atoms with Crippen LogP contribution >= 0.6 is 21.6 Å². The van der Waals surface area contributed by atoms with Crippen molar-refractivity contribution in [1.82, 2.24) is 0 Å². The Bertz CT molecular complexity index is 2380. The summed E-state index contributed by atoms with van der Waals surface area (Å²) in [7, 11) is 3.58. The van der Waals surface area contributed by atoms with Crippen LogP contribution in [0.1, 0.15) is 141 Å². The number of nitrogens with zero attached hydrogens (tertiary/aromatic N) is 1. The van der Waals surface area contributed by atoms with Gasteiger partial charge in [0.1, 0.15) is 5.75 Å². The normalized spacial score (nSPS) is 22.8. The highest BCUT2D eigenvalue weighted by Crippen LogP contribution is 2.50. The minimum atomic E-state index is -0.765. The van der Waals surface area contributed by atoms with Crippen LogP contribution in [0.15, 0.2) is 89.3 Å². The maximum Gasteiger partial charge on any atom is 0.161 e. The molecule has 0 amide bonds. The van der Waals surface area contributed by atoms with Gasteiger partial charge in [0, 0.05) is 47.6 Å². The first-order valence-electron chi connectivity index (χ1n) is 23.8. The lowest BCUT2D eigenvalue weighted by Gasteiger charge is -2.29. The number of carbonyl (C=O) groups is 1. The van der Waals surface area contributed by atoms with Crippen molar-refractivity contribution in [2.24, 2.45) is 33.7 Å². The highest BCUT2D eigenvalue weighted by Gasteiger charge is 2.37. The van der Waals surface area contributed by atoms with Crippen molar-refractivity contribution < 1.29 is 35.1 Å². The highest BCUT2D eigenvalue weighted by atomic mass is 33.1. The average molecular weight is 933 g/mol. The summed E-state index contributed by atoms with van der Waals surface area (Å²) >= 11 is 0. The van der Waals surface area contributed by atoms with Crippen LogP contribution in [-0.4, -0.2) is 57.0 Å². The second-order valence-corrected chi connectivity index (χ2v) is 21.2. The fraction of sp³-hybridized carbons (Fsp3) is 0.481. The lowest BCUT2D eigenvalue weighted by molar-refractivity contribution is -0.307. The number of rotatable bonds is 11. The summed E-state index contributed by atoms with van der Waals surface area (Å²) in [5, 5.41) is 56.7. The van der Waals surface area contributed by atoms with E-state index in [1.807, 2.05) is 35.1 Å². The molecule has 2 heterocycles. The molecule has 8 N–H and O–H groups in total. The molecular weight excluding hydrogens is 867 g/mol. The standard InChI is InChI=1S/C54H67N3O7S2/c1-2-3-4-6-35(25-42(60)32-58)15-20-54-21-16-38(31-54)33-65-66-34-40-29-44-39(28-45(40)53(55)56)7-5-8-48-43(18-23-57-48)51(63)30-46(44)47-26-37(10-13-49(47)61)19-24-64-52-27-36(11-14-50(52)62)9-12-41(59)17-22-54/h10-11,13-14,17-18,22-23,26-29,35,38,42,46,53,58,60-63H,2-4,6,8-9,12,15-16,19-21,24-25,30-34,55-56H2,1H3/p-1/b22-17+,51-43?/t35-,38-,42+,46+,54-/m1/s1. The zero-order valence-corrected chi connectivity index (χ0v) is 39.8. The third-order valence-corrected chi connectivity index (χ3v) is 16.3. The molecule has 8 bridgehead atoms. The van der Waals surface area contributed by atoms with Crippen molar-refractivity contribution >= 4 is 33.1 Å². The molecule has 7 rings (SSSR count). The van der Waals surface area contributed by atoms with Gasteiger partial charge in [0.15, 0.2) is 17.3 Å². The molecule has 0 aromatic heterocycles. The average Bonchev–Trinajstić information content (AvgIpc) is 3.96. The molecule has 3 aromatic rings. The van der Waals surface area contributed by atoms with E-state index in [0.717, 1.165) is 91.4 Å². The van der Waals surface area contributed by atoms with Crippen LogP contribution in [0.4, 0.5) is 0 Å². The third-order valence-electron chi connectivity index (χ3n) is 13.8. The summed E-state index contributed by atoms with van der Waals surface area (Å²) in [6, 6.07) is 14.7. The van der Waals surface area contributed by atoms with E-state index in [4.69, 9.17) is 16.2 Å². The number of allylic oxidation sites excluding steroid dienone is 5. The Morgan fingerprint density at radius 3 is 2.61 bits per heavy atom. The van der Waals surface area contributed by atoms with E-state index < -0.39 is 18.2 Å². The van der Waals surface area contributed by atoms with Crippen LogP contribution in [0.2, 0.25) is 0 Å². The van der Waals surface area contributed by atoms with Gasteiger partial charge in [-0.1, -0.05) is 96.4 Å². The summed E-state index contributed by atoms with van der Waals surface area (Å²) in [6.07, 6.45) is 17.3. The Morgan fingerprint density at radius 1 is 0.985 bits per heavy atom. The number of phenols is 2. The predicted octanol–water partition coefficient (Wildman–Crippen LogP) is 8.95. The Hall–Kier alpha value is -4.48. The first-order chi connectivity index (χ1) is 31.9. The number of carbonyl (C=O) groups excluding carboxylic acids is 1. The number of nitrogens with two attached hydrogens (primary N) is 2. The number of aromatic hydroxyl groups is 2. The third kappa shape index (κ3) is 12.9. The topological polar surface area (TPSA) is 195 Å². The van der Waals surface area contributed by atoms with E-state index in [1.54, 1.807) is 47.3 Å². The van der Waals surface area contributed by atoms with Crippen LogP contribution < -0.4 is 21.3 Å². The molecular formula is C54H66N3O7S2-. The molecule has 1 saturated carbocycles. The van der Waals surface area contributed by atoms with Gasteiger partial charge in [-0.3, -0.25) is 9.79 Å². The van der Waals surface area contributed by atoms with E-state index in [9.17, 15) is 30.3 Å². The SMILES string of the molecule is CCCCC[C@H](CC[C@]12/C=C/C(=O)CCc3ccc(O)c(c3)OCCc3ccc(O)c(c3)[C@H]3CC([O-])=C4C=CN=C4CC#Cc4cc(C(N)N)c(cc43)CSSC[C@H](CC1)C2)C[C@H](O)CO. The number of benzene rings is 3. The first kappa shape index (κ1) is 49.4. The van der Waals surface area contributed by atoms with Gasteiger partial charge in [0.25, 0.3) is 0 Å². The number of aryl methyl sites for hydroxylation is 1. The molecule has 0 radical (unpaired) electrons. The fourth-order valence-corrected chi connectivity index (χ4v) is 12.6. The Morgan fingerprint density at radius 2 is 1.80 bits per heavy atom. The van der Waals surface area contributed by atoms with Crippen LogP contribution in [0.5, 0.6) is 17.2 Å². The molecule has 12 heteroatoms. The molecule has 0 unspecified atom stereocenters. The number of unbranched alkanes of at least 4 members (excludes halogenated alkanes) is 2. The van der Waals surface area contributed by atoms with Crippen LogP contribution in [0.25, 0.3) is 0 Å². The summed E-state index contributed by atoms with van der Waals surface area (Å²) in [5.74, 6) is 8.72. The Kier molecular flexibility index (Phi) is 17.6. The molecule has 5 atom stereocenters. The van der Waals surface area contributed by atoms with Gasteiger partial charge < -0.3 is 41.7 Å². The number of phenolic OH excluding ortho intramolecular Hbond substituents is 2. The van der Waals surface area contributed by atoms with E-state index in [1.165, 1.54) is 0 Å². The van der Waals surface area contributed by atoms with Gasteiger partial charge in [-0.25, -0.2) is 0 Å². The van der Waals surface area contributed by atoms with Crippen molar-refractivity contribution in [2.75, 3.05) is 19.0 Å². The number of aliphatic hydroxyl groups excluding tert-OH is 2. The van der Waals surface area contributed by atoms with E-state index >= 15 is 0 Å². The number of ketones is 1.